The highest BCUT2D eigenvalue weighted by molar-refractivity contribution is 7.88. The van der Waals surface area contributed by atoms with E-state index in [0.29, 0.717) is 13.0 Å². The predicted molar refractivity (Wildman–Crippen MR) is 37.3 cm³/mol. The van der Waals surface area contributed by atoms with Gasteiger partial charge >= 0.3 is 5.97 Å². The van der Waals surface area contributed by atoms with Gasteiger partial charge in [-0.1, -0.05) is 0 Å². The predicted octanol–water partition coefficient (Wildman–Crippen LogP) is -1.15. The Morgan fingerprint density at radius 3 is 2.64 bits per heavy atom. The highest BCUT2D eigenvalue weighted by atomic mass is 32.2. The summed E-state index contributed by atoms with van der Waals surface area (Å²) in [6, 6.07) is -0.676. The fraction of sp³-hybridized carbons (Fsp3) is 0.800. The number of cyclic esters (lactones) is 1. The molecule has 0 bridgehead atoms. The zero-order chi connectivity index (χ0) is 8.48. The Kier molecular flexibility index (Phi) is 2.15. The number of hydrogen-bond acceptors (Lipinski definition) is 4. The second-order valence-corrected chi connectivity index (χ2v) is 4.18. The lowest BCUT2D eigenvalue weighted by Gasteiger charge is -2.04. The van der Waals surface area contributed by atoms with Crippen LogP contribution in [0.15, 0.2) is 0 Å². The lowest BCUT2D eigenvalue weighted by molar-refractivity contribution is -0.139. The Hall–Kier alpha value is -0.620. The van der Waals surface area contributed by atoms with Crippen molar-refractivity contribution < 1.29 is 17.9 Å². The molecule has 0 aromatic carbocycles. The quantitative estimate of drug-likeness (QED) is 0.543. The van der Waals surface area contributed by atoms with Crippen molar-refractivity contribution in [3.05, 3.63) is 0 Å². The molecule has 0 spiro atoms. The van der Waals surface area contributed by atoms with E-state index in [9.17, 15) is 13.2 Å². The summed E-state index contributed by atoms with van der Waals surface area (Å²) in [4.78, 5) is 10.7. The maximum Gasteiger partial charge on any atom is 0.324 e. The van der Waals surface area contributed by atoms with Crippen LogP contribution in [0, 0.1) is 0 Å². The molecule has 0 aromatic rings. The number of esters is 1. The van der Waals surface area contributed by atoms with E-state index in [1.54, 1.807) is 0 Å². The number of nitrogens with one attached hydrogen (secondary N) is 1. The molecule has 1 fully saturated rings. The van der Waals surface area contributed by atoms with Gasteiger partial charge in [0.25, 0.3) is 0 Å². The first kappa shape index (κ1) is 8.48. The van der Waals surface area contributed by atoms with E-state index in [2.05, 4.69) is 9.46 Å². The van der Waals surface area contributed by atoms with Gasteiger partial charge in [-0.2, -0.15) is 0 Å². The van der Waals surface area contributed by atoms with Crippen LogP contribution >= 0.6 is 0 Å². The van der Waals surface area contributed by atoms with Crippen LogP contribution in [0.4, 0.5) is 0 Å². The molecule has 11 heavy (non-hydrogen) atoms. The molecular weight excluding hydrogens is 170 g/mol. The molecule has 1 N–H and O–H groups in total. The zero-order valence-corrected chi connectivity index (χ0v) is 6.85. The highest BCUT2D eigenvalue weighted by Crippen LogP contribution is 2.05. The Morgan fingerprint density at radius 2 is 2.27 bits per heavy atom. The molecule has 0 radical (unpaired) electrons. The molecule has 1 saturated heterocycles. The fourth-order valence-corrected chi connectivity index (χ4v) is 1.59. The van der Waals surface area contributed by atoms with Gasteiger partial charge in [0, 0.05) is 6.42 Å². The van der Waals surface area contributed by atoms with Crippen molar-refractivity contribution in [2.24, 2.45) is 0 Å². The third-order valence-electron chi connectivity index (χ3n) is 1.29. The molecule has 5 nitrogen and oxygen atoms in total. The first-order valence-corrected chi connectivity index (χ1v) is 5.02. The molecule has 1 aliphatic rings. The van der Waals surface area contributed by atoms with Crippen LogP contribution in [0.3, 0.4) is 0 Å². The van der Waals surface area contributed by atoms with E-state index >= 15 is 0 Å². The highest BCUT2D eigenvalue weighted by Gasteiger charge is 2.28. The minimum Gasteiger partial charge on any atom is -0.464 e. The van der Waals surface area contributed by atoms with Gasteiger partial charge in [0.05, 0.1) is 12.9 Å². The SMILES string of the molecule is CS(=O)(=O)N[C@H]1CCOC1=O. The number of carbonyl (C=O) groups is 1. The van der Waals surface area contributed by atoms with Crippen molar-refractivity contribution >= 4 is 16.0 Å². The summed E-state index contributed by atoms with van der Waals surface area (Å²) in [6.07, 6.45) is 1.44. The van der Waals surface area contributed by atoms with Crippen LogP contribution in [-0.2, 0) is 19.6 Å². The first-order valence-electron chi connectivity index (χ1n) is 3.13. The fourth-order valence-electron chi connectivity index (χ4n) is 0.861. The lowest BCUT2D eigenvalue weighted by atomic mass is 10.3. The van der Waals surface area contributed by atoms with Crippen molar-refractivity contribution in [3.8, 4) is 0 Å². The zero-order valence-electron chi connectivity index (χ0n) is 6.03. The monoisotopic (exact) mass is 179 g/mol. The van der Waals surface area contributed by atoms with Gasteiger partial charge in [0.2, 0.25) is 10.0 Å². The molecule has 0 saturated carbocycles. The summed E-state index contributed by atoms with van der Waals surface area (Å²) in [7, 11) is -3.29. The van der Waals surface area contributed by atoms with E-state index in [1.807, 2.05) is 0 Å². The number of rotatable bonds is 2. The molecule has 64 valence electrons. The smallest absolute Gasteiger partial charge is 0.324 e. The summed E-state index contributed by atoms with van der Waals surface area (Å²) < 4.78 is 27.9. The largest absolute Gasteiger partial charge is 0.464 e. The molecule has 1 atom stereocenters. The van der Waals surface area contributed by atoms with Crippen molar-refractivity contribution in [2.75, 3.05) is 12.9 Å². The average Bonchev–Trinajstić information content (AvgIpc) is 2.12. The maximum absolute atomic E-state index is 10.7. The molecule has 1 rings (SSSR count). The number of ether oxygens (including phenoxy) is 1. The number of hydrogen-bond donors (Lipinski definition) is 1. The van der Waals surface area contributed by atoms with Gasteiger partial charge in [0.15, 0.2) is 0 Å². The molecule has 0 aliphatic carbocycles. The topological polar surface area (TPSA) is 72.5 Å². The molecule has 1 heterocycles. The van der Waals surface area contributed by atoms with Gasteiger partial charge in [-0.25, -0.2) is 13.1 Å². The lowest BCUT2D eigenvalue weighted by Crippen LogP contribution is -2.37. The third-order valence-corrected chi connectivity index (χ3v) is 2.00. The van der Waals surface area contributed by atoms with Crippen LogP contribution in [0.2, 0.25) is 0 Å². The van der Waals surface area contributed by atoms with E-state index in [0.717, 1.165) is 6.26 Å². The van der Waals surface area contributed by atoms with E-state index < -0.39 is 22.0 Å². The Bertz CT molecular complexity index is 258. The van der Waals surface area contributed by atoms with Gasteiger partial charge < -0.3 is 4.74 Å². The summed E-state index contributed by atoms with van der Waals surface area (Å²) in [5.74, 6) is -0.490. The van der Waals surface area contributed by atoms with Crippen molar-refractivity contribution in [3.63, 3.8) is 0 Å². The van der Waals surface area contributed by atoms with Gasteiger partial charge in [-0.05, 0) is 0 Å². The maximum atomic E-state index is 10.7. The van der Waals surface area contributed by atoms with Crippen LogP contribution < -0.4 is 4.72 Å². The van der Waals surface area contributed by atoms with Gasteiger partial charge in [0.1, 0.15) is 6.04 Å². The van der Waals surface area contributed by atoms with Crippen molar-refractivity contribution in [1.29, 1.82) is 0 Å². The number of sulfonamides is 1. The van der Waals surface area contributed by atoms with E-state index in [4.69, 9.17) is 0 Å². The molecule has 6 heteroatoms. The summed E-state index contributed by atoms with van der Waals surface area (Å²) in [5.41, 5.74) is 0. The summed E-state index contributed by atoms with van der Waals surface area (Å²) in [5, 5.41) is 0. The second kappa shape index (κ2) is 2.78. The van der Waals surface area contributed by atoms with Crippen molar-refractivity contribution in [2.45, 2.75) is 12.5 Å². The van der Waals surface area contributed by atoms with Crippen LogP contribution in [0.5, 0.6) is 0 Å². The normalized spacial score (nSPS) is 25.2. The van der Waals surface area contributed by atoms with Crippen LogP contribution in [0.1, 0.15) is 6.42 Å². The summed E-state index contributed by atoms with van der Waals surface area (Å²) >= 11 is 0. The van der Waals surface area contributed by atoms with E-state index in [1.165, 1.54) is 0 Å². The van der Waals surface area contributed by atoms with Crippen LogP contribution in [-0.4, -0.2) is 33.3 Å². The molecular formula is C5H9NO4S. The average molecular weight is 179 g/mol. The third kappa shape index (κ3) is 2.47. The summed E-state index contributed by atoms with van der Waals surface area (Å²) in [6.45, 7) is 0.298. The second-order valence-electron chi connectivity index (χ2n) is 2.40. The standard InChI is InChI=1S/C5H9NO4S/c1-11(8,9)6-4-2-3-10-5(4)7/h4,6H,2-3H2,1H3/t4-/m0/s1. The van der Waals surface area contributed by atoms with Crippen molar-refractivity contribution in [1.82, 2.24) is 4.72 Å². The molecule has 1 aliphatic heterocycles. The Labute approximate surface area is 64.8 Å². The minimum absolute atomic E-state index is 0.298. The van der Waals surface area contributed by atoms with Gasteiger partial charge in [-0.3, -0.25) is 4.79 Å². The van der Waals surface area contributed by atoms with E-state index in [-0.39, 0.29) is 0 Å². The molecule has 0 amide bonds. The minimum atomic E-state index is -3.29. The van der Waals surface area contributed by atoms with Crippen LogP contribution in [0.25, 0.3) is 0 Å². The molecule has 0 unspecified atom stereocenters. The Morgan fingerprint density at radius 1 is 1.64 bits per heavy atom. The molecule has 0 aromatic heterocycles. The number of carbonyl (C=O) groups excluding carboxylic acids is 1. The Balaban J connectivity index is 2.57. The first-order chi connectivity index (χ1) is 4.99. The van der Waals surface area contributed by atoms with Gasteiger partial charge in [-0.15, -0.1) is 0 Å².